The SMILES string of the molecule is NC(=NCCCn1ccc2ccccc21)Nc1ccccc1. The standard InChI is InChI=1S/C18H20N4/c19-18(21-16-8-2-1-3-9-16)20-12-6-13-22-14-11-15-7-4-5-10-17(15)22/h1-5,7-11,14H,6,12-13H2,(H3,19,20,21). The van der Waals surface area contributed by atoms with E-state index in [1.165, 1.54) is 10.9 Å². The Kier molecular flexibility index (Phi) is 4.39. The molecule has 4 nitrogen and oxygen atoms in total. The van der Waals surface area contributed by atoms with E-state index in [0.29, 0.717) is 12.5 Å². The molecule has 0 fully saturated rings. The van der Waals surface area contributed by atoms with Gasteiger partial charge in [0.15, 0.2) is 5.96 Å². The zero-order valence-electron chi connectivity index (χ0n) is 12.4. The van der Waals surface area contributed by atoms with Gasteiger partial charge in [-0.1, -0.05) is 36.4 Å². The maximum absolute atomic E-state index is 5.89. The van der Waals surface area contributed by atoms with Crippen LogP contribution in [0.3, 0.4) is 0 Å². The predicted octanol–water partition coefficient (Wildman–Crippen LogP) is 3.46. The van der Waals surface area contributed by atoms with Gasteiger partial charge in [-0.15, -0.1) is 0 Å². The van der Waals surface area contributed by atoms with Gasteiger partial charge in [-0.2, -0.15) is 0 Å². The van der Waals surface area contributed by atoms with Crippen molar-refractivity contribution in [3.63, 3.8) is 0 Å². The number of fused-ring (bicyclic) bond motifs is 1. The van der Waals surface area contributed by atoms with Crippen LogP contribution in [0.5, 0.6) is 0 Å². The summed E-state index contributed by atoms with van der Waals surface area (Å²) in [7, 11) is 0. The molecule has 0 atom stereocenters. The summed E-state index contributed by atoms with van der Waals surface area (Å²) in [5.41, 5.74) is 8.11. The second kappa shape index (κ2) is 6.80. The molecule has 2 aromatic carbocycles. The van der Waals surface area contributed by atoms with Crippen LogP contribution >= 0.6 is 0 Å². The van der Waals surface area contributed by atoms with Crippen LogP contribution in [0.4, 0.5) is 5.69 Å². The lowest BCUT2D eigenvalue weighted by Gasteiger charge is -2.06. The van der Waals surface area contributed by atoms with E-state index in [-0.39, 0.29) is 0 Å². The molecule has 0 aliphatic carbocycles. The monoisotopic (exact) mass is 292 g/mol. The first-order chi connectivity index (χ1) is 10.8. The molecule has 0 amide bonds. The maximum Gasteiger partial charge on any atom is 0.193 e. The molecule has 0 spiro atoms. The van der Waals surface area contributed by atoms with Crippen LogP contribution in [0.25, 0.3) is 10.9 Å². The lowest BCUT2D eigenvalue weighted by Crippen LogP contribution is -2.22. The van der Waals surface area contributed by atoms with Crippen LogP contribution < -0.4 is 11.1 Å². The number of rotatable bonds is 5. The number of aryl methyl sites for hydroxylation is 1. The number of benzene rings is 2. The fourth-order valence-corrected chi connectivity index (χ4v) is 2.49. The average molecular weight is 292 g/mol. The summed E-state index contributed by atoms with van der Waals surface area (Å²) in [5, 5.41) is 4.36. The Morgan fingerprint density at radius 2 is 1.77 bits per heavy atom. The average Bonchev–Trinajstić information content (AvgIpc) is 2.96. The summed E-state index contributed by atoms with van der Waals surface area (Å²) in [4.78, 5) is 4.37. The van der Waals surface area contributed by atoms with E-state index in [9.17, 15) is 0 Å². The van der Waals surface area contributed by atoms with Gasteiger partial charge in [0.1, 0.15) is 0 Å². The van der Waals surface area contributed by atoms with Crippen LogP contribution in [0.2, 0.25) is 0 Å². The van der Waals surface area contributed by atoms with E-state index < -0.39 is 0 Å². The van der Waals surface area contributed by atoms with Crippen LogP contribution in [0.15, 0.2) is 71.9 Å². The second-order valence-corrected chi connectivity index (χ2v) is 5.18. The molecule has 0 saturated carbocycles. The fourth-order valence-electron chi connectivity index (χ4n) is 2.49. The quantitative estimate of drug-likeness (QED) is 0.430. The molecule has 112 valence electrons. The minimum Gasteiger partial charge on any atom is -0.370 e. The molecule has 0 unspecified atom stereocenters. The van der Waals surface area contributed by atoms with Crippen molar-refractivity contribution in [3.8, 4) is 0 Å². The third kappa shape index (κ3) is 3.47. The van der Waals surface area contributed by atoms with Crippen LogP contribution in [-0.4, -0.2) is 17.1 Å². The number of anilines is 1. The lowest BCUT2D eigenvalue weighted by atomic mass is 10.2. The number of aromatic nitrogens is 1. The first kappa shape index (κ1) is 14.2. The zero-order chi connectivity index (χ0) is 15.2. The van der Waals surface area contributed by atoms with Gasteiger partial charge >= 0.3 is 0 Å². The number of nitrogens with zero attached hydrogens (tertiary/aromatic N) is 2. The van der Waals surface area contributed by atoms with Gasteiger partial charge in [-0.3, -0.25) is 4.99 Å². The molecule has 3 aromatic rings. The minimum absolute atomic E-state index is 0.462. The summed E-state index contributed by atoms with van der Waals surface area (Å²) >= 11 is 0. The van der Waals surface area contributed by atoms with Crippen molar-refractivity contribution in [2.24, 2.45) is 10.7 Å². The number of aliphatic imine (C=N–C) groups is 1. The Bertz CT molecular complexity index is 759. The highest BCUT2D eigenvalue weighted by Crippen LogP contribution is 2.15. The molecule has 4 heteroatoms. The van der Waals surface area contributed by atoms with E-state index in [0.717, 1.165) is 18.7 Å². The van der Waals surface area contributed by atoms with Crippen molar-refractivity contribution in [3.05, 3.63) is 66.9 Å². The number of hydrogen-bond acceptors (Lipinski definition) is 1. The fraction of sp³-hybridized carbons (Fsp3) is 0.167. The molecule has 0 bridgehead atoms. The molecule has 22 heavy (non-hydrogen) atoms. The summed E-state index contributed by atoms with van der Waals surface area (Å²) in [6.45, 7) is 1.65. The van der Waals surface area contributed by atoms with Crippen LogP contribution in [0.1, 0.15) is 6.42 Å². The van der Waals surface area contributed by atoms with Gasteiger partial charge in [-0.05, 0) is 36.1 Å². The van der Waals surface area contributed by atoms with Gasteiger partial charge in [0.25, 0.3) is 0 Å². The highest BCUT2D eigenvalue weighted by Gasteiger charge is 1.99. The summed E-state index contributed by atoms with van der Waals surface area (Å²) in [6.07, 6.45) is 3.08. The highest BCUT2D eigenvalue weighted by atomic mass is 15.1. The molecule has 0 aliphatic rings. The van der Waals surface area contributed by atoms with Gasteiger partial charge < -0.3 is 15.6 Å². The molecule has 0 aliphatic heterocycles. The van der Waals surface area contributed by atoms with Gasteiger partial charge in [0.2, 0.25) is 0 Å². The lowest BCUT2D eigenvalue weighted by molar-refractivity contribution is 0.671. The number of guanidine groups is 1. The van der Waals surface area contributed by atoms with Crippen molar-refractivity contribution in [1.29, 1.82) is 0 Å². The topological polar surface area (TPSA) is 55.3 Å². The Balaban J connectivity index is 1.51. The summed E-state index contributed by atoms with van der Waals surface area (Å²) in [6, 6.07) is 20.4. The smallest absolute Gasteiger partial charge is 0.193 e. The van der Waals surface area contributed by atoms with E-state index in [4.69, 9.17) is 5.73 Å². The minimum atomic E-state index is 0.462. The Morgan fingerprint density at radius 1 is 1.00 bits per heavy atom. The van der Waals surface area contributed by atoms with Gasteiger partial charge in [0.05, 0.1) is 0 Å². The zero-order valence-corrected chi connectivity index (χ0v) is 12.4. The van der Waals surface area contributed by atoms with Crippen molar-refractivity contribution >= 4 is 22.5 Å². The molecular formula is C18H20N4. The van der Waals surface area contributed by atoms with Crippen LogP contribution in [0, 0.1) is 0 Å². The predicted molar refractivity (Wildman–Crippen MR) is 93.1 cm³/mol. The van der Waals surface area contributed by atoms with E-state index in [1.54, 1.807) is 0 Å². The molecule has 3 rings (SSSR count). The number of nitrogens with one attached hydrogen (secondary N) is 1. The van der Waals surface area contributed by atoms with Gasteiger partial charge in [0, 0.05) is 30.5 Å². The molecule has 0 radical (unpaired) electrons. The summed E-state index contributed by atoms with van der Waals surface area (Å²) < 4.78 is 2.26. The van der Waals surface area contributed by atoms with Crippen molar-refractivity contribution in [2.45, 2.75) is 13.0 Å². The molecule has 1 aromatic heterocycles. The first-order valence-corrected chi connectivity index (χ1v) is 7.49. The van der Waals surface area contributed by atoms with Crippen molar-refractivity contribution in [2.75, 3.05) is 11.9 Å². The van der Waals surface area contributed by atoms with Crippen molar-refractivity contribution in [1.82, 2.24) is 4.57 Å². The van der Waals surface area contributed by atoms with Gasteiger partial charge in [-0.25, -0.2) is 0 Å². The number of nitrogens with two attached hydrogens (primary N) is 1. The van der Waals surface area contributed by atoms with E-state index in [1.807, 2.05) is 30.3 Å². The van der Waals surface area contributed by atoms with E-state index >= 15 is 0 Å². The number of hydrogen-bond donors (Lipinski definition) is 2. The Morgan fingerprint density at radius 3 is 2.64 bits per heavy atom. The Labute approximate surface area is 130 Å². The molecule has 0 saturated heterocycles. The van der Waals surface area contributed by atoms with Crippen LogP contribution in [-0.2, 0) is 6.54 Å². The normalized spacial score (nSPS) is 11.7. The summed E-state index contributed by atoms with van der Waals surface area (Å²) in [5.74, 6) is 0.462. The largest absolute Gasteiger partial charge is 0.370 e. The highest BCUT2D eigenvalue weighted by molar-refractivity contribution is 5.92. The first-order valence-electron chi connectivity index (χ1n) is 7.49. The molecule has 3 N–H and O–H groups in total. The second-order valence-electron chi connectivity index (χ2n) is 5.18. The number of para-hydroxylation sites is 2. The molecule has 1 heterocycles. The third-order valence-electron chi connectivity index (χ3n) is 3.57. The third-order valence-corrected chi connectivity index (χ3v) is 3.57. The maximum atomic E-state index is 5.89. The van der Waals surface area contributed by atoms with Crippen molar-refractivity contribution < 1.29 is 0 Å². The Hall–Kier alpha value is -2.75. The molecular weight excluding hydrogens is 272 g/mol. The van der Waals surface area contributed by atoms with E-state index in [2.05, 4.69) is 51.4 Å².